The van der Waals surface area contributed by atoms with Crippen molar-refractivity contribution in [1.82, 2.24) is 4.98 Å². The number of aromatic hydroxyl groups is 1. The fourth-order valence-electron chi connectivity index (χ4n) is 2.66. The number of pyridine rings is 1. The first-order chi connectivity index (χ1) is 12.5. The molecule has 0 aliphatic carbocycles. The molecule has 26 heavy (non-hydrogen) atoms. The van der Waals surface area contributed by atoms with Gasteiger partial charge in [-0.05, 0) is 42.8 Å². The number of phenols is 1. The number of benzene rings is 2. The Balaban J connectivity index is 2.20. The van der Waals surface area contributed by atoms with E-state index in [1.807, 2.05) is 0 Å². The van der Waals surface area contributed by atoms with Crippen molar-refractivity contribution in [2.24, 2.45) is 0 Å². The molecule has 0 aliphatic rings. The highest BCUT2D eigenvalue weighted by Crippen LogP contribution is 2.36. The Hall–Kier alpha value is -3.59. The Kier molecular flexibility index (Phi) is 4.72. The number of nitrogens with zero attached hydrogens (tertiary/aromatic N) is 2. The van der Waals surface area contributed by atoms with Crippen LogP contribution >= 0.6 is 0 Å². The molecule has 0 aliphatic heterocycles. The molecule has 0 radical (unpaired) electrons. The lowest BCUT2D eigenvalue weighted by Crippen LogP contribution is -2.00. The van der Waals surface area contributed by atoms with Crippen molar-refractivity contribution in [3.63, 3.8) is 0 Å². The number of anilines is 1. The zero-order valence-electron chi connectivity index (χ0n) is 14.0. The highest BCUT2D eigenvalue weighted by molar-refractivity contribution is 5.81. The minimum absolute atomic E-state index is 0.00138. The lowest BCUT2D eigenvalue weighted by Gasteiger charge is -2.12. The average molecular weight is 349 g/mol. The predicted molar refractivity (Wildman–Crippen MR) is 97.0 cm³/mol. The minimum Gasteiger partial charge on any atom is -0.504 e. The molecule has 2 aromatic carbocycles. The summed E-state index contributed by atoms with van der Waals surface area (Å²) in [6, 6.07) is 14.5. The van der Waals surface area contributed by atoms with Crippen molar-refractivity contribution < 1.29 is 14.2 Å². The maximum absolute atomic E-state index is 13.5. The SMILES string of the molecule is CCOc1cc(-c2cc(-c3cccc(F)c3)nc(N)c2C#N)ccc1O. The summed E-state index contributed by atoms with van der Waals surface area (Å²) in [5, 5.41) is 19.4. The van der Waals surface area contributed by atoms with E-state index in [2.05, 4.69) is 11.1 Å². The molecule has 3 N–H and O–H groups in total. The van der Waals surface area contributed by atoms with Crippen LogP contribution in [0.5, 0.6) is 11.5 Å². The summed E-state index contributed by atoms with van der Waals surface area (Å²) in [6.45, 7) is 2.19. The van der Waals surface area contributed by atoms with Crippen molar-refractivity contribution in [3.8, 4) is 40.0 Å². The van der Waals surface area contributed by atoms with E-state index in [1.165, 1.54) is 18.2 Å². The van der Waals surface area contributed by atoms with Gasteiger partial charge in [-0.3, -0.25) is 0 Å². The number of nitrogens with two attached hydrogens (primary N) is 1. The quantitative estimate of drug-likeness (QED) is 0.739. The summed E-state index contributed by atoms with van der Waals surface area (Å²) >= 11 is 0. The second-order valence-electron chi connectivity index (χ2n) is 5.55. The second kappa shape index (κ2) is 7.11. The van der Waals surface area contributed by atoms with Gasteiger partial charge in [0.05, 0.1) is 12.3 Å². The maximum Gasteiger partial charge on any atom is 0.161 e. The van der Waals surface area contributed by atoms with Crippen molar-refractivity contribution in [3.05, 3.63) is 59.9 Å². The molecule has 0 saturated heterocycles. The Morgan fingerprint density at radius 3 is 2.69 bits per heavy atom. The number of hydrogen-bond donors (Lipinski definition) is 2. The van der Waals surface area contributed by atoms with E-state index in [9.17, 15) is 14.8 Å². The van der Waals surface area contributed by atoms with Gasteiger partial charge in [-0.1, -0.05) is 18.2 Å². The van der Waals surface area contributed by atoms with Crippen LogP contribution in [0.3, 0.4) is 0 Å². The number of hydrogen-bond acceptors (Lipinski definition) is 5. The molecule has 6 heteroatoms. The predicted octanol–water partition coefficient (Wildman–Crippen LogP) is 4.11. The van der Waals surface area contributed by atoms with Crippen LogP contribution in [0, 0.1) is 17.1 Å². The van der Waals surface area contributed by atoms with Gasteiger partial charge < -0.3 is 15.6 Å². The largest absolute Gasteiger partial charge is 0.504 e. The van der Waals surface area contributed by atoms with Crippen LogP contribution in [0.1, 0.15) is 12.5 Å². The van der Waals surface area contributed by atoms with Crippen molar-refractivity contribution in [1.29, 1.82) is 5.26 Å². The molecular weight excluding hydrogens is 333 g/mol. The zero-order valence-corrected chi connectivity index (χ0v) is 14.0. The number of ether oxygens (including phenoxy) is 1. The van der Waals surface area contributed by atoms with Crippen LogP contribution in [-0.4, -0.2) is 16.7 Å². The molecule has 130 valence electrons. The maximum atomic E-state index is 13.5. The molecule has 0 spiro atoms. The smallest absolute Gasteiger partial charge is 0.161 e. The highest BCUT2D eigenvalue weighted by atomic mass is 19.1. The first kappa shape index (κ1) is 17.2. The second-order valence-corrected chi connectivity index (χ2v) is 5.55. The van der Waals surface area contributed by atoms with E-state index in [4.69, 9.17) is 10.5 Å². The minimum atomic E-state index is -0.392. The standard InChI is InChI=1S/C20H16FN3O2/c1-2-26-19-9-12(6-7-18(19)25)15-10-17(24-20(23)16(15)11-22)13-4-3-5-14(21)8-13/h3-10,25H,2H2,1H3,(H2,23,24). The molecule has 1 aromatic heterocycles. The van der Waals surface area contributed by atoms with Gasteiger partial charge in [-0.15, -0.1) is 0 Å². The van der Waals surface area contributed by atoms with Gasteiger partial charge in [-0.25, -0.2) is 9.37 Å². The Morgan fingerprint density at radius 1 is 1.19 bits per heavy atom. The highest BCUT2D eigenvalue weighted by Gasteiger charge is 2.15. The Morgan fingerprint density at radius 2 is 2.00 bits per heavy atom. The molecule has 0 amide bonds. The third-order valence-corrected chi connectivity index (χ3v) is 3.85. The monoisotopic (exact) mass is 349 g/mol. The molecule has 0 atom stereocenters. The zero-order chi connectivity index (χ0) is 18.7. The van der Waals surface area contributed by atoms with Crippen LogP contribution in [0.15, 0.2) is 48.5 Å². The average Bonchev–Trinajstić information content (AvgIpc) is 2.63. The fourth-order valence-corrected chi connectivity index (χ4v) is 2.66. The number of aromatic nitrogens is 1. The van der Waals surface area contributed by atoms with Gasteiger partial charge in [0, 0.05) is 11.1 Å². The van der Waals surface area contributed by atoms with Crippen LogP contribution in [0.2, 0.25) is 0 Å². The van der Waals surface area contributed by atoms with E-state index in [1.54, 1.807) is 37.3 Å². The molecule has 3 aromatic rings. The number of phenolic OH excluding ortho intramolecular Hbond substituents is 1. The van der Waals surface area contributed by atoms with Gasteiger partial charge in [0.25, 0.3) is 0 Å². The van der Waals surface area contributed by atoms with Gasteiger partial charge in [-0.2, -0.15) is 5.26 Å². The molecule has 0 bridgehead atoms. The third kappa shape index (κ3) is 3.28. The number of nitrogen functional groups attached to an aromatic ring is 1. The molecule has 1 heterocycles. The summed E-state index contributed by atoms with van der Waals surface area (Å²) in [7, 11) is 0. The van der Waals surface area contributed by atoms with Gasteiger partial charge >= 0.3 is 0 Å². The van der Waals surface area contributed by atoms with E-state index >= 15 is 0 Å². The summed E-state index contributed by atoms with van der Waals surface area (Å²) in [5.41, 5.74) is 8.33. The van der Waals surface area contributed by atoms with E-state index in [0.29, 0.717) is 34.7 Å². The van der Waals surface area contributed by atoms with Crippen molar-refractivity contribution >= 4 is 5.82 Å². The molecule has 0 fully saturated rings. The first-order valence-corrected chi connectivity index (χ1v) is 7.96. The summed E-state index contributed by atoms with van der Waals surface area (Å²) in [4.78, 5) is 4.23. The molecular formula is C20H16FN3O2. The third-order valence-electron chi connectivity index (χ3n) is 3.85. The Bertz CT molecular complexity index is 1010. The lowest BCUT2D eigenvalue weighted by atomic mass is 9.98. The molecule has 0 saturated carbocycles. The number of nitriles is 1. The van der Waals surface area contributed by atoms with E-state index < -0.39 is 5.82 Å². The molecule has 0 unspecified atom stereocenters. The lowest BCUT2D eigenvalue weighted by molar-refractivity contribution is 0.318. The summed E-state index contributed by atoms with van der Waals surface area (Å²) in [5.74, 6) is -0.0367. The van der Waals surface area contributed by atoms with Crippen LogP contribution < -0.4 is 10.5 Å². The number of rotatable bonds is 4. The van der Waals surface area contributed by atoms with Crippen LogP contribution in [0.25, 0.3) is 22.4 Å². The van der Waals surface area contributed by atoms with Crippen LogP contribution in [-0.2, 0) is 0 Å². The van der Waals surface area contributed by atoms with Crippen molar-refractivity contribution in [2.75, 3.05) is 12.3 Å². The van der Waals surface area contributed by atoms with Gasteiger partial charge in [0.1, 0.15) is 23.3 Å². The summed E-state index contributed by atoms with van der Waals surface area (Å²) < 4.78 is 19.0. The molecule has 3 rings (SSSR count). The first-order valence-electron chi connectivity index (χ1n) is 7.96. The molecule has 5 nitrogen and oxygen atoms in total. The topological polar surface area (TPSA) is 92.2 Å². The number of halogens is 1. The van der Waals surface area contributed by atoms with Crippen molar-refractivity contribution in [2.45, 2.75) is 6.92 Å². The van der Waals surface area contributed by atoms with E-state index in [-0.39, 0.29) is 17.1 Å². The Labute approximate surface area is 150 Å². The van der Waals surface area contributed by atoms with E-state index in [0.717, 1.165) is 0 Å². The van der Waals surface area contributed by atoms with Gasteiger partial charge in [0.15, 0.2) is 11.5 Å². The summed E-state index contributed by atoms with van der Waals surface area (Å²) in [6.07, 6.45) is 0. The fraction of sp³-hybridized carbons (Fsp3) is 0.100. The van der Waals surface area contributed by atoms with Crippen LogP contribution in [0.4, 0.5) is 10.2 Å². The normalized spacial score (nSPS) is 10.3. The van der Waals surface area contributed by atoms with Gasteiger partial charge in [0.2, 0.25) is 0 Å².